The normalized spacial score (nSPS) is 28.6. The molecule has 0 saturated carbocycles. The van der Waals surface area contributed by atoms with Crippen LogP contribution in [-0.4, -0.2) is 31.6 Å². The molecular weight excluding hydrogens is 252 g/mol. The second-order valence-electron chi connectivity index (χ2n) is 5.99. The minimum atomic E-state index is 0.0744. The van der Waals surface area contributed by atoms with Gasteiger partial charge in [-0.15, -0.1) is 0 Å². The van der Waals surface area contributed by atoms with Gasteiger partial charge in [-0.05, 0) is 30.5 Å². The first-order valence-corrected chi connectivity index (χ1v) is 7.45. The Morgan fingerprint density at radius 3 is 3.05 bits per heavy atom. The van der Waals surface area contributed by atoms with Crippen molar-refractivity contribution in [1.29, 1.82) is 0 Å². The fourth-order valence-corrected chi connectivity index (χ4v) is 3.08. The second-order valence-corrected chi connectivity index (χ2v) is 5.99. The van der Waals surface area contributed by atoms with Gasteiger partial charge in [-0.1, -0.05) is 25.1 Å². The number of hydrogen-bond donors (Lipinski definition) is 2. The van der Waals surface area contributed by atoms with Gasteiger partial charge in [0.2, 0.25) is 5.91 Å². The Kier molecular flexibility index (Phi) is 3.92. The van der Waals surface area contributed by atoms with E-state index in [1.165, 1.54) is 5.56 Å². The van der Waals surface area contributed by atoms with Crippen molar-refractivity contribution in [3.05, 3.63) is 29.8 Å². The van der Waals surface area contributed by atoms with E-state index in [2.05, 4.69) is 23.6 Å². The molecule has 2 N–H and O–H groups in total. The molecule has 1 saturated heterocycles. The van der Waals surface area contributed by atoms with Crippen LogP contribution >= 0.6 is 0 Å². The van der Waals surface area contributed by atoms with Gasteiger partial charge in [0.05, 0.1) is 12.5 Å². The van der Waals surface area contributed by atoms with Gasteiger partial charge in [0.1, 0.15) is 11.9 Å². The van der Waals surface area contributed by atoms with E-state index in [0.29, 0.717) is 12.5 Å². The lowest BCUT2D eigenvalue weighted by Crippen LogP contribution is -2.45. The Balaban J connectivity index is 1.47. The van der Waals surface area contributed by atoms with Gasteiger partial charge in [-0.3, -0.25) is 4.79 Å². The summed E-state index contributed by atoms with van der Waals surface area (Å²) in [5.74, 6) is 1.79. The van der Waals surface area contributed by atoms with E-state index in [0.717, 1.165) is 31.7 Å². The number of para-hydroxylation sites is 1. The highest BCUT2D eigenvalue weighted by Gasteiger charge is 2.27. The summed E-state index contributed by atoms with van der Waals surface area (Å²) in [6, 6.07) is 8.08. The number of rotatable bonds is 3. The summed E-state index contributed by atoms with van der Waals surface area (Å²) in [7, 11) is 0. The third-order valence-electron chi connectivity index (χ3n) is 4.16. The number of piperidine rings is 1. The summed E-state index contributed by atoms with van der Waals surface area (Å²) in [6.07, 6.45) is 1.94. The predicted octanol–water partition coefficient (Wildman–Crippen LogP) is 1.35. The van der Waals surface area contributed by atoms with Crippen LogP contribution in [0.2, 0.25) is 0 Å². The quantitative estimate of drug-likeness (QED) is 0.875. The third-order valence-corrected chi connectivity index (χ3v) is 4.16. The molecule has 1 aromatic carbocycles. The van der Waals surface area contributed by atoms with Crippen LogP contribution in [0.15, 0.2) is 24.3 Å². The Morgan fingerprint density at radius 2 is 2.25 bits per heavy atom. The zero-order valence-corrected chi connectivity index (χ0v) is 11.9. The van der Waals surface area contributed by atoms with Gasteiger partial charge in [-0.25, -0.2) is 0 Å². The van der Waals surface area contributed by atoms with Gasteiger partial charge in [-0.2, -0.15) is 0 Å². The average Bonchev–Trinajstić information content (AvgIpc) is 2.87. The minimum absolute atomic E-state index is 0.0744. The Morgan fingerprint density at radius 1 is 1.40 bits per heavy atom. The number of carbonyl (C=O) groups is 1. The van der Waals surface area contributed by atoms with E-state index in [-0.39, 0.29) is 17.9 Å². The van der Waals surface area contributed by atoms with Gasteiger partial charge in [0, 0.05) is 13.0 Å². The molecule has 0 aromatic heterocycles. The van der Waals surface area contributed by atoms with Crippen molar-refractivity contribution in [3.8, 4) is 5.75 Å². The molecule has 3 atom stereocenters. The first kappa shape index (κ1) is 13.4. The summed E-state index contributed by atoms with van der Waals surface area (Å²) < 4.78 is 5.84. The summed E-state index contributed by atoms with van der Waals surface area (Å²) in [5.41, 5.74) is 1.24. The summed E-state index contributed by atoms with van der Waals surface area (Å²) >= 11 is 0. The summed E-state index contributed by atoms with van der Waals surface area (Å²) in [6.45, 7) is 4.59. The highest BCUT2D eigenvalue weighted by molar-refractivity contribution is 5.79. The van der Waals surface area contributed by atoms with Crippen molar-refractivity contribution in [2.45, 2.75) is 25.9 Å². The standard InChI is InChI=1S/C16H22N2O2/c1-11-6-13(9-17-8-11)16(19)18-10-14-7-12-4-2-3-5-15(12)20-14/h2-5,11,13-14,17H,6-10H2,1H3,(H,18,19). The molecule has 4 heteroatoms. The monoisotopic (exact) mass is 274 g/mol. The largest absolute Gasteiger partial charge is 0.488 e. The molecule has 4 nitrogen and oxygen atoms in total. The van der Waals surface area contributed by atoms with E-state index in [4.69, 9.17) is 4.74 Å². The first-order chi connectivity index (χ1) is 9.72. The predicted molar refractivity (Wildman–Crippen MR) is 77.7 cm³/mol. The van der Waals surface area contributed by atoms with Crippen LogP contribution in [0.5, 0.6) is 5.75 Å². The van der Waals surface area contributed by atoms with Crippen molar-refractivity contribution >= 4 is 5.91 Å². The lowest BCUT2D eigenvalue weighted by molar-refractivity contribution is -0.126. The van der Waals surface area contributed by atoms with Crippen molar-refractivity contribution in [3.63, 3.8) is 0 Å². The number of fused-ring (bicyclic) bond motifs is 1. The van der Waals surface area contributed by atoms with Crippen LogP contribution in [-0.2, 0) is 11.2 Å². The van der Waals surface area contributed by atoms with Crippen molar-refractivity contribution in [1.82, 2.24) is 10.6 Å². The van der Waals surface area contributed by atoms with E-state index in [9.17, 15) is 4.79 Å². The van der Waals surface area contributed by atoms with Crippen LogP contribution in [0, 0.1) is 11.8 Å². The van der Waals surface area contributed by atoms with Gasteiger partial charge in [0.15, 0.2) is 0 Å². The molecular formula is C16H22N2O2. The zero-order valence-electron chi connectivity index (χ0n) is 11.9. The summed E-state index contributed by atoms with van der Waals surface area (Å²) in [5, 5.41) is 6.36. The smallest absolute Gasteiger partial charge is 0.224 e. The van der Waals surface area contributed by atoms with Crippen LogP contribution in [0.25, 0.3) is 0 Å². The molecule has 0 aliphatic carbocycles. The van der Waals surface area contributed by atoms with Gasteiger partial charge < -0.3 is 15.4 Å². The van der Waals surface area contributed by atoms with Crippen LogP contribution in [0.3, 0.4) is 0 Å². The lowest BCUT2D eigenvalue weighted by Gasteiger charge is -2.27. The topological polar surface area (TPSA) is 50.4 Å². The fourth-order valence-electron chi connectivity index (χ4n) is 3.08. The minimum Gasteiger partial charge on any atom is -0.488 e. The van der Waals surface area contributed by atoms with Crippen molar-refractivity contribution < 1.29 is 9.53 Å². The third kappa shape index (κ3) is 2.96. The maximum absolute atomic E-state index is 12.2. The molecule has 1 amide bonds. The van der Waals surface area contributed by atoms with Crippen LogP contribution in [0.1, 0.15) is 18.9 Å². The molecule has 3 unspecified atom stereocenters. The molecule has 2 aliphatic rings. The Labute approximate surface area is 119 Å². The molecule has 2 aliphatic heterocycles. The molecule has 1 aromatic rings. The molecule has 3 rings (SSSR count). The maximum atomic E-state index is 12.2. The lowest BCUT2D eigenvalue weighted by atomic mass is 9.91. The number of carbonyl (C=O) groups excluding carboxylic acids is 1. The van der Waals surface area contributed by atoms with Gasteiger partial charge >= 0.3 is 0 Å². The van der Waals surface area contributed by atoms with Crippen molar-refractivity contribution in [2.24, 2.45) is 11.8 Å². The Hall–Kier alpha value is -1.55. The zero-order chi connectivity index (χ0) is 13.9. The Bertz CT molecular complexity index is 464. The van der Waals surface area contributed by atoms with E-state index in [1.807, 2.05) is 18.2 Å². The number of ether oxygens (including phenoxy) is 1. The van der Waals surface area contributed by atoms with E-state index >= 15 is 0 Å². The van der Waals surface area contributed by atoms with Crippen LogP contribution in [0.4, 0.5) is 0 Å². The molecule has 0 bridgehead atoms. The summed E-state index contributed by atoms with van der Waals surface area (Å²) in [4.78, 5) is 12.2. The van der Waals surface area contributed by atoms with Crippen LogP contribution < -0.4 is 15.4 Å². The molecule has 0 spiro atoms. The van der Waals surface area contributed by atoms with E-state index in [1.54, 1.807) is 0 Å². The second kappa shape index (κ2) is 5.83. The number of nitrogens with one attached hydrogen (secondary N) is 2. The first-order valence-electron chi connectivity index (χ1n) is 7.45. The maximum Gasteiger partial charge on any atom is 0.224 e. The van der Waals surface area contributed by atoms with Crippen molar-refractivity contribution in [2.75, 3.05) is 19.6 Å². The number of benzene rings is 1. The molecule has 0 radical (unpaired) electrons. The number of hydrogen-bond acceptors (Lipinski definition) is 3. The average molecular weight is 274 g/mol. The molecule has 20 heavy (non-hydrogen) atoms. The molecule has 2 heterocycles. The fraction of sp³-hybridized carbons (Fsp3) is 0.562. The highest BCUT2D eigenvalue weighted by atomic mass is 16.5. The molecule has 1 fully saturated rings. The van der Waals surface area contributed by atoms with E-state index < -0.39 is 0 Å². The number of amides is 1. The molecule has 108 valence electrons. The highest BCUT2D eigenvalue weighted by Crippen LogP contribution is 2.27. The SMILES string of the molecule is CC1CNCC(C(=O)NCC2Cc3ccccc3O2)C1. The van der Waals surface area contributed by atoms with Gasteiger partial charge in [0.25, 0.3) is 0 Å².